The maximum atomic E-state index is 13.3. The Hall–Kier alpha value is -2.16. The monoisotopic (exact) mass is 428 g/mol. The van der Waals surface area contributed by atoms with Crippen molar-refractivity contribution in [2.45, 2.75) is 31.8 Å². The molecule has 3 aliphatic rings. The first kappa shape index (κ1) is 20.7. The molecule has 8 nitrogen and oxygen atoms in total. The van der Waals surface area contributed by atoms with Crippen molar-refractivity contribution in [1.29, 1.82) is 0 Å². The summed E-state index contributed by atoms with van der Waals surface area (Å²) in [5.41, 5.74) is 1.30. The lowest BCUT2D eigenvalue weighted by atomic mass is 9.85. The fourth-order valence-corrected chi connectivity index (χ4v) is 5.88. The molecule has 3 fully saturated rings. The third-order valence-corrected chi connectivity index (χ3v) is 7.50. The highest BCUT2D eigenvalue weighted by Gasteiger charge is 2.48. The number of aromatic nitrogens is 2. The number of aliphatic hydroxyl groups excluding tert-OH is 1. The van der Waals surface area contributed by atoms with Crippen molar-refractivity contribution in [2.75, 3.05) is 46.6 Å². The van der Waals surface area contributed by atoms with E-state index in [9.17, 15) is 9.90 Å². The van der Waals surface area contributed by atoms with E-state index in [0.717, 1.165) is 62.3 Å². The molecule has 2 saturated carbocycles. The molecule has 8 heteroatoms. The SMILES string of the molecule is COc1cccc2c(C(=O)NC3C4CCC(C4)[C@H]3CO)nn(CCN3CCOCC3)c12. The van der Waals surface area contributed by atoms with Gasteiger partial charge in [-0.05, 0) is 37.2 Å². The van der Waals surface area contributed by atoms with Gasteiger partial charge in [-0.2, -0.15) is 5.10 Å². The number of hydrogen-bond donors (Lipinski definition) is 2. The molecule has 0 spiro atoms. The lowest BCUT2D eigenvalue weighted by molar-refractivity contribution is 0.0361. The molecule has 31 heavy (non-hydrogen) atoms. The number of fused-ring (bicyclic) bond motifs is 3. The first-order valence-corrected chi connectivity index (χ1v) is 11.4. The van der Waals surface area contributed by atoms with E-state index in [-0.39, 0.29) is 24.5 Å². The molecule has 3 unspecified atom stereocenters. The van der Waals surface area contributed by atoms with Crippen LogP contribution in [0.15, 0.2) is 18.2 Å². The second-order valence-electron chi connectivity index (χ2n) is 9.06. The zero-order valence-electron chi connectivity index (χ0n) is 18.1. The van der Waals surface area contributed by atoms with Crippen LogP contribution < -0.4 is 10.1 Å². The van der Waals surface area contributed by atoms with E-state index < -0.39 is 0 Å². The van der Waals surface area contributed by atoms with Crippen molar-refractivity contribution in [2.24, 2.45) is 17.8 Å². The Balaban J connectivity index is 1.40. The summed E-state index contributed by atoms with van der Waals surface area (Å²) in [5.74, 6) is 1.73. The number of carbonyl (C=O) groups excluding carboxylic acids is 1. The van der Waals surface area contributed by atoms with Crippen molar-refractivity contribution < 1.29 is 19.4 Å². The highest BCUT2D eigenvalue weighted by Crippen LogP contribution is 2.48. The van der Waals surface area contributed by atoms with Gasteiger partial charge < -0.3 is 19.9 Å². The molecule has 1 amide bonds. The first-order chi connectivity index (χ1) is 15.2. The number of morpholine rings is 1. The number of hydrogen-bond acceptors (Lipinski definition) is 6. The van der Waals surface area contributed by atoms with Crippen molar-refractivity contribution in [3.05, 3.63) is 23.9 Å². The highest BCUT2D eigenvalue weighted by atomic mass is 16.5. The number of amides is 1. The van der Waals surface area contributed by atoms with Crippen molar-refractivity contribution in [1.82, 2.24) is 20.0 Å². The number of carbonyl (C=O) groups is 1. The van der Waals surface area contributed by atoms with E-state index in [1.54, 1.807) is 7.11 Å². The summed E-state index contributed by atoms with van der Waals surface area (Å²) >= 11 is 0. The summed E-state index contributed by atoms with van der Waals surface area (Å²) in [6.07, 6.45) is 3.41. The van der Waals surface area contributed by atoms with Crippen LogP contribution in [-0.4, -0.2) is 78.3 Å². The van der Waals surface area contributed by atoms with Gasteiger partial charge in [0.05, 0.1) is 26.9 Å². The maximum Gasteiger partial charge on any atom is 0.272 e. The van der Waals surface area contributed by atoms with Gasteiger partial charge in [-0.1, -0.05) is 12.1 Å². The second kappa shape index (κ2) is 8.76. The minimum absolute atomic E-state index is 0.0374. The molecule has 1 aliphatic heterocycles. The summed E-state index contributed by atoms with van der Waals surface area (Å²) in [6, 6.07) is 5.79. The predicted molar refractivity (Wildman–Crippen MR) is 116 cm³/mol. The number of methoxy groups -OCH3 is 1. The van der Waals surface area contributed by atoms with Crippen LogP contribution >= 0.6 is 0 Å². The van der Waals surface area contributed by atoms with E-state index in [4.69, 9.17) is 14.6 Å². The maximum absolute atomic E-state index is 13.3. The van der Waals surface area contributed by atoms with Gasteiger partial charge in [-0.25, -0.2) is 0 Å². The average Bonchev–Trinajstić information content (AvgIpc) is 3.51. The minimum Gasteiger partial charge on any atom is -0.494 e. The van der Waals surface area contributed by atoms with E-state index in [2.05, 4.69) is 10.2 Å². The first-order valence-electron chi connectivity index (χ1n) is 11.4. The molecule has 2 aromatic rings. The smallest absolute Gasteiger partial charge is 0.272 e. The molecule has 2 bridgehead atoms. The van der Waals surface area contributed by atoms with Crippen LogP contribution in [0.3, 0.4) is 0 Å². The molecule has 2 aliphatic carbocycles. The van der Waals surface area contributed by atoms with Gasteiger partial charge in [0, 0.05) is 43.6 Å². The zero-order chi connectivity index (χ0) is 21.4. The normalized spacial score (nSPS) is 28.3. The van der Waals surface area contributed by atoms with E-state index in [0.29, 0.717) is 24.1 Å². The van der Waals surface area contributed by atoms with Crippen molar-refractivity contribution in [3.8, 4) is 5.75 Å². The summed E-state index contributed by atoms with van der Waals surface area (Å²) in [6.45, 7) is 5.00. The largest absolute Gasteiger partial charge is 0.494 e. The number of benzene rings is 1. The molecule has 2 heterocycles. The summed E-state index contributed by atoms with van der Waals surface area (Å²) < 4.78 is 12.9. The van der Waals surface area contributed by atoms with Gasteiger partial charge in [0.25, 0.3) is 5.91 Å². The highest BCUT2D eigenvalue weighted by molar-refractivity contribution is 6.06. The number of rotatable bonds is 7. The van der Waals surface area contributed by atoms with Gasteiger partial charge in [0.15, 0.2) is 5.69 Å². The summed E-state index contributed by atoms with van der Waals surface area (Å²) in [7, 11) is 1.65. The van der Waals surface area contributed by atoms with Crippen LogP contribution in [0.2, 0.25) is 0 Å². The predicted octanol–water partition coefficient (Wildman–Crippen LogP) is 1.51. The van der Waals surface area contributed by atoms with Crippen LogP contribution in [0, 0.1) is 17.8 Å². The van der Waals surface area contributed by atoms with Gasteiger partial charge in [-0.3, -0.25) is 14.4 Å². The van der Waals surface area contributed by atoms with E-state index in [1.165, 1.54) is 6.42 Å². The summed E-state index contributed by atoms with van der Waals surface area (Å²) in [5, 5.41) is 18.7. The van der Waals surface area contributed by atoms with E-state index >= 15 is 0 Å². The van der Waals surface area contributed by atoms with Crippen molar-refractivity contribution in [3.63, 3.8) is 0 Å². The van der Waals surface area contributed by atoms with Crippen LogP contribution in [-0.2, 0) is 11.3 Å². The molecule has 4 atom stereocenters. The number of ether oxygens (including phenoxy) is 2. The Bertz CT molecular complexity index is 939. The molecule has 1 aromatic carbocycles. The third-order valence-electron chi connectivity index (χ3n) is 7.50. The number of nitrogens with zero attached hydrogens (tertiary/aromatic N) is 3. The van der Waals surface area contributed by atoms with Crippen molar-refractivity contribution >= 4 is 16.8 Å². The number of nitrogens with one attached hydrogen (secondary N) is 1. The topological polar surface area (TPSA) is 88.8 Å². The number of aliphatic hydroxyl groups is 1. The Labute approximate surface area is 182 Å². The second-order valence-corrected chi connectivity index (χ2v) is 9.06. The van der Waals surface area contributed by atoms with Crippen LogP contribution in [0.1, 0.15) is 29.8 Å². The van der Waals surface area contributed by atoms with Gasteiger partial charge in [-0.15, -0.1) is 0 Å². The molecule has 1 saturated heterocycles. The third kappa shape index (κ3) is 3.81. The average molecular weight is 429 g/mol. The minimum atomic E-state index is -0.153. The molecule has 5 rings (SSSR count). The Kier molecular flexibility index (Phi) is 5.86. The Morgan fingerprint density at radius 2 is 2.06 bits per heavy atom. The van der Waals surface area contributed by atoms with E-state index in [1.807, 2.05) is 22.9 Å². The molecule has 1 aromatic heterocycles. The van der Waals surface area contributed by atoms with Gasteiger partial charge in [0.1, 0.15) is 11.3 Å². The van der Waals surface area contributed by atoms with Crippen LogP contribution in [0.4, 0.5) is 0 Å². The fraction of sp³-hybridized carbons (Fsp3) is 0.652. The quantitative estimate of drug-likeness (QED) is 0.695. The van der Waals surface area contributed by atoms with Crippen LogP contribution in [0.5, 0.6) is 5.75 Å². The van der Waals surface area contributed by atoms with Gasteiger partial charge >= 0.3 is 0 Å². The lowest BCUT2D eigenvalue weighted by Gasteiger charge is -2.30. The molecule has 0 radical (unpaired) electrons. The fourth-order valence-electron chi connectivity index (χ4n) is 5.88. The van der Waals surface area contributed by atoms with Crippen LogP contribution in [0.25, 0.3) is 10.9 Å². The molecule has 2 N–H and O–H groups in total. The Morgan fingerprint density at radius 1 is 1.26 bits per heavy atom. The lowest BCUT2D eigenvalue weighted by Crippen LogP contribution is -2.45. The molecular formula is C23H32N4O4. The number of para-hydroxylation sites is 1. The standard InChI is InChI=1S/C23H32N4O4/c1-30-19-4-2-3-17-21(23(29)24-20-16-6-5-15(13-16)18(20)14-28)25-27(22(17)19)8-7-26-9-11-31-12-10-26/h2-4,15-16,18,20,28H,5-14H2,1H3,(H,24,29)/t15?,16?,18-,20?/m1/s1. The molecular weight excluding hydrogens is 396 g/mol. The van der Waals surface area contributed by atoms with Gasteiger partial charge in [0.2, 0.25) is 0 Å². The Morgan fingerprint density at radius 3 is 2.84 bits per heavy atom. The zero-order valence-corrected chi connectivity index (χ0v) is 18.1. The summed E-state index contributed by atoms with van der Waals surface area (Å²) in [4.78, 5) is 15.7. The molecule has 168 valence electrons.